The summed E-state index contributed by atoms with van der Waals surface area (Å²) in [6.45, 7) is 7.72. The highest BCUT2D eigenvalue weighted by Gasteiger charge is 2.55. The summed E-state index contributed by atoms with van der Waals surface area (Å²) < 4.78 is 0. The van der Waals surface area contributed by atoms with Crippen molar-refractivity contribution < 1.29 is 9.90 Å². The van der Waals surface area contributed by atoms with Crippen molar-refractivity contribution in [3.05, 3.63) is 11.3 Å². The second-order valence-corrected chi connectivity index (χ2v) is 7.08. The smallest absolute Gasteiger partial charge is 0.217 e. The number of aliphatic hydroxyl groups excluding tert-OH is 1. The molecule has 4 nitrogen and oxygen atoms in total. The van der Waals surface area contributed by atoms with Crippen molar-refractivity contribution in [1.82, 2.24) is 5.32 Å². The van der Waals surface area contributed by atoms with E-state index in [2.05, 4.69) is 18.3 Å². The van der Waals surface area contributed by atoms with Crippen molar-refractivity contribution in [2.24, 2.45) is 16.7 Å². The van der Waals surface area contributed by atoms with Crippen LogP contribution in [0, 0.1) is 28.1 Å². The van der Waals surface area contributed by atoms with Crippen LogP contribution in [0.4, 0.5) is 0 Å². The Hall–Kier alpha value is -1.50. The van der Waals surface area contributed by atoms with E-state index in [1.165, 1.54) is 0 Å². The monoisotopic (exact) mass is 276 g/mol. The predicted molar refractivity (Wildman–Crippen MR) is 76.7 cm³/mol. The zero-order valence-corrected chi connectivity index (χ0v) is 12.8. The summed E-state index contributed by atoms with van der Waals surface area (Å²) in [6.07, 6.45) is 3.57. The third-order valence-electron chi connectivity index (χ3n) is 5.42. The van der Waals surface area contributed by atoms with E-state index in [-0.39, 0.29) is 29.0 Å². The molecule has 0 aliphatic heterocycles. The van der Waals surface area contributed by atoms with Gasteiger partial charge in [0, 0.05) is 18.4 Å². The van der Waals surface area contributed by atoms with Crippen LogP contribution in [0.1, 0.15) is 53.4 Å². The van der Waals surface area contributed by atoms with E-state index in [0.29, 0.717) is 12.0 Å². The van der Waals surface area contributed by atoms with Gasteiger partial charge in [0.1, 0.15) is 5.76 Å². The number of rotatable bonds is 1. The Bertz CT molecular complexity index is 501. The number of carbonyl (C=O) groups is 1. The molecule has 2 rings (SSSR count). The first-order valence-electron chi connectivity index (χ1n) is 7.33. The Morgan fingerprint density at radius 1 is 1.40 bits per heavy atom. The Labute approximate surface area is 120 Å². The lowest BCUT2D eigenvalue weighted by molar-refractivity contribution is -0.122. The number of allylic oxidation sites excluding steroid dienone is 2. The standard InChI is InChI=1S/C16H24N2O2/c1-10(19)18-13-7-5-6-12-15(2,3)14(20)11(9-17)8-16(12,13)4/h12-13,20H,5-8H2,1-4H3,(H,18,19)/t12-,13?,16-/m0/s1. The highest BCUT2D eigenvalue weighted by atomic mass is 16.3. The second-order valence-electron chi connectivity index (χ2n) is 7.08. The van der Waals surface area contributed by atoms with Crippen LogP contribution in [0.3, 0.4) is 0 Å². The number of nitriles is 1. The SMILES string of the molecule is CC(=O)NC1CCC[C@H]2C(C)(C)C(O)=C(C#N)C[C@]12C. The summed E-state index contributed by atoms with van der Waals surface area (Å²) in [7, 11) is 0. The molecule has 0 saturated heterocycles. The number of carbonyl (C=O) groups excluding carboxylic acids is 1. The normalized spacial score (nSPS) is 36.0. The van der Waals surface area contributed by atoms with Crippen LogP contribution in [0.25, 0.3) is 0 Å². The van der Waals surface area contributed by atoms with Crippen molar-refractivity contribution in [2.75, 3.05) is 0 Å². The van der Waals surface area contributed by atoms with Crippen molar-refractivity contribution in [3.8, 4) is 6.07 Å². The summed E-state index contributed by atoms with van der Waals surface area (Å²) in [4.78, 5) is 11.5. The molecule has 0 radical (unpaired) electrons. The van der Waals surface area contributed by atoms with E-state index in [4.69, 9.17) is 0 Å². The second kappa shape index (κ2) is 4.80. The lowest BCUT2D eigenvalue weighted by atomic mass is 9.50. The quantitative estimate of drug-likeness (QED) is 0.773. The minimum Gasteiger partial charge on any atom is -0.511 e. The van der Waals surface area contributed by atoms with Gasteiger partial charge < -0.3 is 10.4 Å². The van der Waals surface area contributed by atoms with Gasteiger partial charge in [-0.3, -0.25) is 4.79 Å². The van der Waals surface area contributed by atoms with Crippen molar-refractivity contribution in [2.45, 2.75) is 59.4 Å². The molecule has 1 saturated carbocycles. The van der Waals surface area contributed by atoms with Gasteiger partial charge >= 0.3 is 0 Å². The molecule has 2 aliphatic carbocycles. The van der Waals surface area contributed by atoms with E-state index >= 15 is 0 Å². The van der Waals surface area contributed by atoms with Crippen LogP contribution in [0.2, 0.25) is 0 Å². The molecule has 2 N–H and O–H groups in total. The van der Waals surface area contributed by atoms with Crippen LogP contribution >= 0.6 is 0 Å². The molecule has 1 unspecified atom stereocenters. The molecule has 0 aromatic rings. The van der Waals surface area contributed by atoms with E-state index in [0.717, 1.165) is 19.3 Å². The van der Waals surface area contributed by atoms with Crippen LogP contribution in [-0.4, -0.2) is 17.1 Å². The Balaban J connectivity index is 2.47. The molecule has 20 heavy (non-hydrogen) atoms. The minimum atomic E-state index is -0.408. The average Bonchev–Trinajstić information content (AvgIpc) is 2.36. The Kier molecular flexibility index (Phi) is 3.58. The van der Waals surface area contributed by atoms with E-state index < -0.39 is 5.41 Å². The molecule has 1 fully saturated rings. The van der Waals surface area contributed by atoms with E-state index in [9.17, 15) is 15.2 Å². The molecular formula is C16H24N2O2. The zero-order chi connectivity index (χ0) is 15.1. The molecule has 0 aromatic heterocycles. The van der Waals surface area contributed by atoms with Gasteiger partial charge in [0.15, 0.2) is 0 Å². The third kappa shape index (κ3) is 2.09. The number of hydrogen-bond donors (Lipinski definition) is 2. The number of nitrogens with one attached hydrogen (secondary N) is 1. The van der Waals surface area contributed by atoms with Crippen molar-refractivity contribution >= 4 is 5.91 Å². The van der Waals surface area contributed by atoms with E-state index in [1.54, 1.807) is 6.92 Å². The number of aliphatic hydroxyl groups is 1. The van der Waals surface area contributed by atoms with Gasteiger partial charge in [0.25, 0.3) is 0 Å². The van der Waals surface area contributed by atoms with Crippen LogP contribution in [0.15, 0.2) is 11.3 Å². The van der Waals surface area contributed by atoms with Gasteiger partial charge in [-0.15, -0.1) is 0 Å². The molecule has 2 aliphatic rings. The van der Waals surface area contributed by atoms with Crippen LogP contribution in [-0.2, 0) is 4.79 Å². The van der Waals surface area contributed by atoms with Gasteiger partial charge in [0.05, 0.1) is 11.6 Å². The fraction of sp³-hybridized carbons (Fsp3) is 0.750. The predicted octanol–water partition coefficient (Wildman–Crippen LogP) is 3.06. The van der Waals surface area contributed by atoms with Crippen LogP contribution < -0.4 is 5.32 Å². The number of amides is 1. The largest absolute Gasteiger partial charge is 0.511 e. The Morgan fingerprint density at radius 3 is 2.60 bits per heavy atom. The van der Waals surface area contributed by atoms with Crippen molar-refractivity contribution in [3.63, 3.8) is 0 Å². The fourth-order valence-electron chi connectivity index (χ4n) is 4.45. The summed E-state index contributed by atoms with van der Waals surface area (Å²) in [6, 6.07) is 2.24. The first kappa shape index (κ1) is 14.9. The number of nitrogens with zero attached hydrogens (tertiary/aromatic N) is 1. The first-order chi connectivity index (χ1) is 9.23. The third-order valence-corrected chi connectivity index (χ3v) is 5.42. The molecule has 0 heterocycles. The summed E-state index contributed by atoms with van der Waals surface area (Å²) in [5.74, 6) is 0.496. The first-order valence-corrected chi connectivity index (χ1v) is 7.33. The molecule has 1 amide bonds. The van der Waals surface area contributed by atoms with Gasteiger partial charge in [-0.05, 0) is 30.6 Å². The molecule has 3 atom stereocenters. The number of hydrogen-bond acceptors (Lipinski definition) is 3. The Morgan fingerprint density at radius 2 is 2.05 bits per heavy atom. The lowest BCUT2D eigenvalue weighted by Crippen LogP contribution is -2.57. The topological polar surface area (TPSA) is 73.1 Å². The zero-order valence-electron chi connectivity index (χ0n) is 12.8. The highest BCUT2D eigenvalue weighted by Crippen LogP contribution is 2.58. The van der Waals surface area contributed by atoms with Gasteiger partial charge in [-0.25, -0.2) is 0 Å². The average molecular weight is 276 g/mol. The maximum absolute atomic E-state index is 11.5. The molecule has 0 bridgehead atoms. The minimum absolute atomic E-state index is 0.0213. The van der Waals surface area contributed by atoms with Crippen molar-refractivity contribution in [1.29, 1.82) is 5.26 Å². The summed E-state index contributed by atoms with van der Waals surface area (Å²) >= 11 is 0. The van der Waals surface area contributed by atoms with Gasteiger partial charge in [-0.1, -0.05) is 27.2 Å². The lowest BCUT2D eigenvalue weighted by Gasteiger charge is -2.56. The maximum Gasteiger partial charge on any atom is 0.217 e. The molecule has 4 heteroatoms. The van der Waals surface area contributed by atoms with E-state index in [1.807, 2.05) is 13.8 Å². The maximum atomic E-state index is 11.5. The summed E-state index contributed by atoms with van der Waals surface area (Å²) in [5, 5.41) is 22.8. The molecule has 0 spiro atoms. The van der Waals surface area contributed by atoms with Crippen LogP contribution in [0.5, 0.6) is 0 Å². The number of fused-ring (bicyclic) bond motifs is 1. The van der Waals surface area contributed by atoms with Gasteiger partial charge in [0.2, 0.25) is 5.91 Å². The molecule has 0 aromatic carbocycles. The molecular weight excluding hydrogens is 252 g/mol. The fourth-order valence-corrected chi connectivity index (χ4v) is 4.45. The summed E-state index contributed by atoms with van der Waals surface area (Å²) in [5.41, 5.74) is -0.0917. The molecule has 110 valence electrons. The highest BCUT2D eigenvalue weighted by molar-refractivity contribution is 5.73. The van der Waals surface area contributed by atoms with Gasteiger partial charge in [-0.2, -0.15) is 5.26 Å².